The second-order valence-corrected chi connectivity index (χ2v) is 4.26. The number of hydrogen-bond donors (Lipinski definition) is 1. The quantitative estimate of drug-likeness (QED) is 0.529. The molecule has 2 heteroatoms. The molecule has 0 amide bonds. The Morgan fingerprint density at radius 1 is 1.31 bits per heavy atom. The van der Waals surface area contributed by atoms with Crippen LogP contribution in [0.25, 0.3) is 0 Å². The summed E-state index contributed by atoms with van der Waals surface area (Å²) in [6.45, 7) is 2.82. The van der Waals surface area contributed by atoms with Crippen LogP contribution in [0.15, 0.2) is 4.99 Å². The zero-order valence-corrected chi connectivity index (χ0v) is 8.71. The van der Waals surface area contributed by atoms with E-state index < -0.39 is 0 Å². The first-order chi connectivity index (χ1) is 6.33. The first kappa shape index (κ1) is 10.7. The lowest BCUT2D eigenvalue weighted by Crippen LogP contribution is -2.01. The van der Waals surface area contributed by atoms with Gasteiger partial charge >= 0.3 is 0 Å². The summed E-state index contributed by atoms with van der Waals surface area (Å²) < 4.78 is 0. The average Bonchev–Trinajstić information content (AvgIpc) is 2.32. The first-order valence-corrected chi connectivity index (χ1v) is 5.51. The molecule has 0 aromatic rings. The van der Waals surface area contributed by atoms with Crippen LogP contribution in [0.2, 0.25) is 0 Å². The maximum Gasteiger partial charge on any atom is 0.0855 e. The topological polar surface area (TPSA) is 38.4 Å². The van der Waals surface area contributed by atoms with Gasteiger partial charge < -0.3 is 5.73 Å². The molecule has 13 heavy (non-hydrogen) atoms. The van der Waals surface area contributed by atoms with E-state index in [1.54, 1.807) is 0 Å². The van der Waals surface area contributed by atoms with Gasteiger partial charge in [0.25, 0.3) is 0 Å². The molecule has 0 radical (unpaired) electrons. The maximum atomic E-state index is 5.30. The van der Waals surface area contributed by atoms with Crippen molar-refractivity contribution in [2.45, 2.75) is 45.4 Å². The standard InChI is InChI=1S/C11H22N2/c1-10-3-2-4-11(6-5-10)7-8-13-9-12/h8,10-11H,2-7,9,12H2,1H3/t10-,11?/m0/s1. The normalized spacial score (nSPS) is 30.6. The molecule has 0 aromatic carbocycles. The van der Waals surface area contributed by atoms with Crippen LogP contribution < -0.4 is 5.73 Å². The van der Waals surface area contributed by atoms with Crippen LogP contribution in [0.3, 0.4) is 0 Å². The predicted octanol–water partition coefficient (Wildman–Crippen LogP) is 2.58. The van der Waals surface area contributed by atoms with E-state index in [0.717, 1.165) is 18.3 Å². The van der Waals surface area contributed by atoms with Gasteiger partial charge in [0.1, 0.15) is 0 Å². The molecule has 1 unspecified atom stereocenters. The Hall–Kier alpha value is -0.370. The molecule has 0 saturated heterocycles. The molecule has 2 atom stereocenters. The van der Waals surface area contributed by atoms with Gasteiger partial charge in [-0.05, 0) is 24.7 Å². The fourth-order valence-corrected chi connectivity index (χ4v) is 2.10. The lowest BCUT2D eigenvalue weighted by Gasteiger charge is -2.10. The van der Waals surface area contributed by atoms with Crippen molar-refractivity contribution in [3.8, 4) is 0 Å². The van der Waals surface area contributed by atoms with Gasteiger partial charge in [0, 0.05) is 6.21 Å². The molecule has 76 valence electrons. The maximum absolute atomic E-state index is 5.30. The van der Waals surface area contributed by atoms with Crippen LogP contribution in [0.1, 0.15) is 45.4 Å². The van der Waals surface area contributed by atoms with Gasteiger partial charge in [-0.15, -0.1) is 0 Å². The van der Waals surface area contributed by atoms with E-state index in [1.165, 1.54) is 32.1 Å². The lowest BCUT2D eigenvalue weighted by atomic mass is 9.96. The van der Waals surface area contributed by atoms with Gasteiger partial charge in [0.2, 0.25) is 0 Å². The SMILES string of the molecule is C[C@H]1CCCC(CC=NCN)CC1. The second-order valence-electron chi connectivity index (χ2n) is 4.26. The molecule has 2 nitrogen and oxygen atoms in total. The summed E-state index contributed by atoms with van der Waals surface area (Å²) in [7, 11) is 0. The minimum absolute atomic E-state index is 0.448. The van der Waals surface area contributed by atoms with Crippen molar-refractivity contribution in [2.75, 3.05) is 6.67 Å². The van der Waals surface area contributed by atoms with Crippen molar-refractivity contribution in [2.24, 2.45) is 22.6 Å². The van der Waals surface area contributed by atoms with Crippen molar-refractivity contribution in [3.05, 3.63) is 0 Å². The summed E-state index contributed by atoms with van der Waals surface area (Å²) in [6, 6.07) is 0. The molecule has 0 bridgehead atoms. The summed E-state index contributed by atoms with van der Waals surface area (Å²) in [5.74, 6) is 1.82. The van der Waals surface area contributed by atoms with Gasteiger partial charge in [-0.1, -0.05) is 32.6 Å². The summed E-state index contributed by atoms with van der Waals surface area (Å²) >= 11 is 0. The van der Waals surface area contributed by atoms with Crippen molar-refractivity contribution < 1.29 is 0 Å². The largest absolute Gasteiger partial charge is 0.312 e. The Bertz CT molecular complexity index is 154. The molecule has 1 saturated carbocycles. The minimum Gasteiger partial charge on any atom is -0.312 e. The van der Waals surface area contributed by atoms with E-state index in [2.05, 4.69) is 11.9 Å². The number of nitrogens with zero attached hydrogens (tertiary/aromatic N) is 1. The zero-order chi connectivity index (χ0) is 9.52. The molecule has 1 fully saturated rings. The molecule has 0 heterocycles. The van der Waals surface area contributed by atoms with Crippen LogP contribution >= 0.6 is 0 Å². The molecule has 0 aliphatic heterocycles. The van der Waals surface area contributed by atoms with E-state index in [0.29, 0.717) is 6.67 Å². The third-order valence-corrected chi connectivity index (χ3v) is 3.05. The van der Waals surface area contributed by atoms with Gasteiger partial charge in [-0.3, -0.25) is 4.99 Å². The Morgan fingerprint density at radius 3 is 2.92 bits per heavy atom. The number of aliphatic imine (C=N–C) groups is 1. The molecule has 1 aliphatic rings. The predicted molar refractivity (Wildman–Crippen MR) is 57.9 cm³/mol. The van der Waals surface area contributed by atoms with E-state index in [9.17, 15) is 0 Å². The summed E-state index contributed by atoms with van der Waals surface area (Å²) in [5.41, 5.74) is 5.30. The van der Waals surface area contributed by atoms with E-state index in [4.69, 9.17) is 5.73 Å². The van der Waals surface area contributed by atoms with Crippen LogP contribution in [-0.4, -0.2) is 12.9 Å². The van der Waals surface area contributed by atoms with Gasteiger partial charge in [-0.25, -0.2) is 0 Å². The van der Waals surface area contributed by atoms with Gasteiger partial charge in [0.15, 0.2) is 0 Å². The highest BCUT2D eigenvalue weighted by Gasteiger charge is 2.14. The molecule has 0 spiro atoms. The van der Waals surface area contributed by atoms with Gasteiger partial charge in [0.05, 0.1) is 6.67 Å². The number of nitrogens with two attached hydrogens (primary N) is 1. The second kappa shape index (κ2) is 6.14. The number of rotatable bonds is 3. The average molecular weight is 182 g/mol. The summed E-state index contributed by atoms with van der Waals surface area (Å²) in [4.78, 5) is 4.07. The van der Waals surface area contributed by atoms with Crippen LogP contribution in [0.5, 0.6) is 0 Å². The lowest BCUT2D eigenvalue weighted by molar-refractivity contribution is 0.460. The molecule has 1 aliphatic carbocycles. The smallest absolute Gasteiger partial charge is 0.0855 e. The zero-order valence-electron chi connectivity index (χ0n) is 8.71. The van der Waals surface area contributed by atoms with E-state index in [1.807, 2.05) is 6.21 Å². The van der Waals surface area contributed by atoms with Crippen molar-refractivity contribution in [1.29, 1.82) is 0 Å². The monoisotopic (exact) mass is 182 g/mol. The fourth-order valence-electron chi connectivity index (χ4n) is 2.10. The molecule has 0 aromatic heterocycles. The third kappa shape index (κ3) is 4.41. The van der Waals surface area contributed by atoms with Crippen molar-refractivity contribution >= 4 is 6.21 Å². The Kier molecular flexibility index (Phi) is 5.06. The van der Waals surface area contributed by atoms with Crippen LogP contribution in [0.4, 0.5) is 0 Å². The molecule has 2 N–H and O–H groups in total. The molecular formula is C11H22N2. The highest BCUT2D eigenvalue weighted by Crippen LogP contribution is 2.28. The Labute approximate surface area is 81.6 Å². The number of hydrogen-bond acceptors (Lipinski definition) is 2. The van der Waals surface area contributed by atoms with Crippen LogP contribution in [0, 0.1) is 11.8 Å². The van der Waals surface area contributed by atoms with Gasteiger partial charge in [-0.2, -0.15) is 0 Å². The summed E-state index contributed by atoms with van der Waals surface area (Å²) in [5, 5.41) is 0. The van der Waals surface area contributed by atoms with Crippen molar-refractivity contribution in [1.82, 2.24) is 0 Å². The highest BCUT2D eigenvalue weighted by atomic mass is 14.8. The molecular weight excluding hydrogens is 160 g/mol. The molecule has 1 rings (SSSR count). The fraction of sp³-hybridized carbons (Fsp3) is 0.909. The summed E-state index contributed by atoms with van der Waals surface area (Å²) in [6.07, 6.45) is 10.2. The minimum atomic E-state index is 0.448. The first-order valence-electron chi connectivity index (χ1n) is 5.51. The van der Waals surface area contributed by atoms with E-state index >= 15 is 0 Å². The van der Waals surface area contributed by atoms with E-state index in [-0.39, 0.29) is 0 Å². The Morgan fingerprint density at radius 2 is 2.15 bits per heavy atom. The highest BCUT2D eigenvalue weighted by molar-refractivity contribution is 5.57. The van der Waals surface area contributed by atoms with Crippen molar-refractivity contribution in [3.63, 3.8) is 0 Å². The van der Waals surface area contributed by atoms with Crippen LogP contribution in [-0.2, 0) is 0 Å². The Balaban J connectivity index is 2.21. The third-order valence-electron chi connectivity index (χ3n) is 3.05.